The van der Waals surface area contributed by atoms with Crippen LogP contribution in [-0.4, -0.2) is 57.2 Å². The van der Waals surface area contributed by atoms with Crippen LogP contribution in [0.4, 0.5) is 0 Å². The number of aromatic nitrogens is 3. The van der Waals surface area contributed by atoms with Crippen molar-refractivity contribution in [1.82, 2.24) is 20.1 Å². The molecule has 4 rings (SSSR count). The summed E-state index contributed by atoms with van der Waals surface area (Å²) in [4.78, 5) is 29.4. The average molecular weight is 415 g/mol. The van der Waals surface area contributed by atoms with Crippen LogP contribution in [0.3, 0.4) is 0 Å². The lowest BCUT2D eigenvalue weighted by Crippen LogP contribution is -2.38. The fourth-order valence-corrected chi connectivity index (χ4v) is 4.36. The van der Waals surface area contributed by atoms with Gasteiger partial charge in [-0.3, -0.25) is 9.59 Å². The summed E-state index contributed by atoms with van der Waals surface area (Å²) in [6.45, 7) is 2.29. The van der Waals surface area contributed by atoms with E-state index in [4.69, 9.17) is 4.74 Å². The molecule has 29 heavy (non-hydrogen) atoms. The van der Waals surface area contributed by atoms with E-state index in [1.807, 2.05) is 40.9 Å². The Kier molecular flexibility index (Phi) is 6.49. The van der Waals surface area contributed by atoms with Crippen LogP contribution in [0.15, 0.2) is 29.1 Å². The van der Waals surface area contributed by atoms with Gasteiger partial charge in [0, 0.05) is 43.0 Å². The van der Waals surface area contributed by atoms with Gasteiger partial charge in [-0.15, -0.1) is 10.2 Å². The molecule has 0 unspecified atom stereocenters. The molecule has 2 heterocycles. The highest BCUT2D eigenvalue weighted by molar-refractivity contribution is 7.99. The molecular formula is C21H26N4O3S. The van der Waals surface area contributed by atoms with Crippen molar-refractivity contribution in [3.05, 3.63) is 40.3 Å². The van der Waals surface area contributed by atoms with Gasteiger partial charge in [0.15, 0.2) is 5.82 Å². The fourth-order valence-electron chi connectivity index (χ4n) is 3.46. The molecule has 1 saturated carbocycles. The van der Waals surface area contributed by atoms with Gasteiger partial charge in [-0.2, -0.15) is 11.8 Å². The van der Waals surface area contributed by atoms with Crippen molar-refractivity contribution in [1.29, 1.82) is 0 Å². The van der Waals surface area contributed by atoms with E-state index in [2.05, 4.69) is 15.2 Å². The standard InChI is InChI=1S/C21H26N4O3S/c26-19(25-9-11-29-12-10-25)8-7-18-21(27)22-20(24-23-18)16-5-2-6-17(13-16)28-14-15-3-1-4-15/h2,5-6,13,15H,1,3-4,7-12,14H2,(H,22,24,27). The number of carbonyl (C=O) groups excluding carboxylic acids is 1. The molecule has 7 nitrogen and oxygen atoms in total. The molecule has 2 aliphatic rings. The molecule has 2 fully saturated rings. The zero-order chi connectivity index (χ0) is 20.1. The van der Waals surface area contributed by atoms with E-state index in [0.29, 0.717) is 23.9 Å². The third-order valence-corrected chi connectivity index (χ3v) is 6.46. The number of nitrogens with one attached hydrogen (secondary N) is 1. The smallest absolute Gasteiger partial charge is 0.273 e. The van der Waals surface area contributed by atoms with Gasteiger partial charge in [0.2, 0.25) is 5.91 Å². The Morgan fingerprint density at radius 3 is 2.79 bits per heavy atom. The van der Waals surface area contributed by atoms with Crippen molar-refractivity contribution >= 4 is 17.7 Å². The zero-order valence-electron chi connectivity index (χ0n) is 16.4. The van der Waals surface area contributed by atoms with Crippen molar-refractivity contribution in [3.8, 4) is 17.1 Å². The van der Waals surface area contributed by atoms with Crippen LogP contribution in [0.2, 0.25) is 0 Å². The molecule has 1 aromatic heterocycles. The number of rotatable bonds is 7. The molecule has 1 aromatic carbocycles. The van der Waals surface area contributed by atoms with Gasteiger partial charge < -0.3 is 14.6 Å². The van der Waals surface area contributed by atoms with Crippen LogP contribution in [0.5, 0.6) is 5.75 Å². The molecule has 0 radical (unpaired) electrons. The summed E-state index contributed by atoms with van der Waals surface area (Å²) in [7, 11) is 0. The number of nitrogens with zero attached hydrogens (tertiary/aromatic N) is 3. The average Bonchev–Trinajstić information content (AvgIpc) is 2.72. The third-order valence-electron chi connectivity index (χ3n) is 5.52. The summed E-state index contributed by atoms with van der Waals surface area (Å²) in [6.07, 6.45) is 4.35. The molecule has 1 aliphatic heterocycles. The molecule has 1 saturated heterocycles. The normalized spacial score (nSPS) is 17.0. The lowest BCUT2D eigenvalue weighted by Gasteiger charge is -2.26. The zero-order valence-corrected chi connectivity index (χ0v) is 17.2. The Hall–Kier alpha value is -2.35. The Bertz CT molecular complexity index is 907. The number of amides is 1. The van der Waals surface area contributed by atoms with E-state index in [-0.39, 0.29) is 17.9 Å². The van der Waals surface area contributed by atoms with Crippen LogP contribution in [0.25, 0.3) is 11.4 Å². The van der Waals surface area contributed by atoms with E-state index in [1.54, 1.807) is 0 Å². The maximum atomic E-state index is 12.4. The van der Waals surface area contributed by atoms with Crippen LogP contribution >= 0.6 is 11.8 Å². The quantitative estimate of drug-likeness (QED) is 0.749. The van der Waals surface area contributed by atoms with Crippen LogP contribution in [0, 0.1) is 5.92 Å². The second kappa shape index (κ2) is 9.43. The third kappa shape index (κ3) is 5.18. The van der Waals surface area contributed by atoms with E-state index < -0.39 is 0 Å². The molecule has 0 atom stereocenters. The van der Waals surface area contributed by atoms with Gasteiger partial charge >= 0.3 is 0 Å². The second-order valence-corrected chi connectivity index (χ2v) is 8.80. The molecule has 1 amide bonds. The molecule has 1 aliphatic carbocycles. The lowest BCUT2D eigenvalue weighted by atomic mass is 9.86. The van der Waals surface area contributed by atoms with Crippen LogP contribution < -0.4 is 10.3 Å². The lowest BCUT2D eigenvalue weighted by molar-refractivity contribution is -0.130. The summed E-state index contributed by atoms with van der Waals surface area (Å²) in [5, 5.41) is 8.26. The Morgan fingerprint density at radius 1 is 1.24 bits per heavy atom. The fraction of sp³-hybridized carbons (Fsp3) is 0.524. The van der Waals surface area contributed by atoms with Gasteiger partial charge in [0.05, 0.1) is 6.61 Å². The van der Waals surface area contributed by atoms with Crippen molar-refractivity contribution in [2.24, 2.45) is 5.92 Å². The highest BCUT2D eigenvalue weighted by Crippen LogP contribution is 2.28. The van der Waals surface area contributed by atoms with Gasteiger partial charge in [-0.05, 0) is 30.9 Å². The highest BCUT2D eigenvalue weighted by atomic mass is 32.2. The number of ether oxygens (including phenoxy) is 1. The Labute approximate surface area is 174 Å². The summed E-state index contributed by atoms with van der Waals surface area (Å²) in [5.74, 6) is 3.86. The minimum absolute atomic E-state index is 0.0758. The number of aryl methyl sites for hydroxylation is 1. The summed E-state index contributed by atoms with van der Waals surface area (Å²) in [6, 6.07) is 7.53. The molecular weight excluding hydrogens is 388 g/mol. The first-order valence-corrected chi connectivity index (χ1v) is 11.4. The number of benzene rings is 1. The van der Waals surface area contributed by atoms with E-state index in [1.165, 1.54) is 19.3 Å². The van der Waals surface area contributed by atoms with E-state index in [9.17, 15) is 9.59 Å². The first kappa shape index (κ1) is 19.9. The Morgan fingerprint density at radius 2 is 2.07 bits per heavy atom. The van der Waals surface area contributed by atoms with Crippen LogP contribution in [-0.2, 0) is 11.2 Å². The van der Waals surface area contributed by atoms with Crippen molar-refractivity contribution in [2.75, 3.05) is 31.2 Å². The molecule has 2 aromatic rings. The summed E-state index contributed by atoms with van der Waals surface area (Å²) in [5.41, 5.74) is 0.762. The monoisotopic (exact) mass is 414 g/mol. The van der Waals surface area contributed by atoms with Crippen molar-refractivity contribution in [3.63, 3.8) is 0 Å². The first-order valence-electron chi connectivity index (χ1n) is 10.2. The maximum absolute atomic E-state index is 12.4. The molecule has 1 N–H and O–H groups in total. The summed E-state index contributed by atoms with van der Waals surface area (Å²) >= 11 is 1.86. The molecule has 0 spiro atoms. The molecule has 8 heteroatoms. The van der Waals surface area contributed by atoms with Crippen LogP contribution in [0.1, 0.15) is 31.4 Å². The predicted molar refractivity (Wildman–Crippen MR) is 113 cm³/mol. The highest BCUT2D eigenvalue weighted by Gasteiger charge is 2.19. The summed E-state index contributed by atoms with van der Waals surface area (Å²) < 4.78 is 5.86. The minimum atomic E-state index is -0.294. The van der Waals surface area contributed by atoms with Crippen molar-refractivity contribution in [2.45, 2.75) is 32.1 Å². The number of hydrogen-bond acceptors (Lipinski definition) is 6. The largest absolute Gasteiger partial charge is 0.493 e. The Balaban J connectivity index is 1.37. The van der Waals surface area contributed by atoms with Gasteiger partial charge in [0.25, 0.3) is 5.56 Å². The SMILES string of the molecule is O=C(CCc1nnc(-c2cccc(OCC3CCC3)c2)[nH]c1=O)N1CCSCC1. The number of aromatic amines is 1. The van der Waals surface area contributed by atoms with E-state index in [0.717, 1.165) is 42.5 Å². The van der Waals surface area contributed by atoms with Gasteiger partial charge in [-0.1, -0.05) is 18.6 Å². The maximum Gasteiger partial charge on any atom is 0.273 e. The van der Waals surface area contributed by atoms with Gasteiger partial charge in [-0.25, -0.2) is 0 Å². The molecule has 0 bridgehead atoms. The van der Waals surface area contributed by atoms with Crippen molar-refractivity contribution < 1.29 is 9.53 Å². The second-order valence-electron chi connectivity index (χ2n) is 7.58. The number of H-pyrrole nitrogens is 1. The van der Waals surface area contributed by atoms with Gasteiger partial charge in [0.1, 0.15) is 11.4 Å². The topological polar surface area (TPSA) is 88.2 Å². The number of thioether (sulfide) groups is 1. The predicted octanol–water partition coefficient (Wildman–Crippen LogP) is 2.52. The van der Waals surface area contributed by atoms with E-state index >= 15 is 0 Å². The number of hydrogen-bond donors (Lipinski definition) is 1. The minimum Gasteiger partial charge on any atom is -0.493 e. The number of carbonyl (C=O) groups is 1. The molecule has 154 valence electrons. The first-order chi connectivity index (χ1) is 14.2.